The summed E-state index contributed by atoms with van der Waals surface area (Å²) in [5.74, 6) is -1.21. The van der Waals surface area contributed by atoms with Crippen LogP contribution in [0.25, 0.3) is 11.1 Å². The van der Waals surface area contributed by atoms with Crippen LogP contribution in [-0.2, 0) is 14.8 Å². The van der Waals surface area contributed by atoms with E-state index in [-0.39, 0.29) is 4.90 Å². The van der Waals surface area contributed by atoms with Gasteiger partial charge in [0.05, 0.1) is 10.6 Å². The molecule has 2 aromatic carbocycles. The molecule has 1 heterocycles. The summed E-state index contributed by atoms with van der Waals surface area (Å²) in [5.41, 5.74) is 1.63. The topological polar surface area (TPSA) is 74.7 Å². The lowest BCUT2D eigenvalue weighted by atomic mass is 10.0. The van der Waals surface area contributed by atoms with Crippen LogP contribution in [0, 0.1) is 0 Å². The van der Waals surface area contributed by atoms with Crippen molar-refractivity contribution in [2.75, 3.05) is 10.8 Å². The Morgan fingerprint density at radius 1 is 1.10 bits per heavy atom. The number of halogens is 1. The van der Waals surface area contributed by atoms with Gasteiger partial charge in [-0.05, 0) is 28.1 Å². The van der Waals surface area contributed by atoms with E-state index >= 15 is 0 Å². The third-order valence-electron chi connectivity index (χ3n) is 3.26. The second-order valence-electron chi connectivity index (χ2n) is 4.54. The first kappa shape index (κ1) is 14.1. The van der Waals surface area contributed by atoms with Gasteiger partial charge in [0.1, 0.15) is 6.54 Å². The molecule has 7 heteroatoms. The van der Waals surface area contributed by atoms with Gasteiger partial charge in [0, 0.05) is 15.6 Å². The summed E-state index contributed by atoms with van der Waals surface area (Å²) in [4.78, 5) is 11.2. The van der Waals surface area contributed by atoms with Crippen LogP contribution in [0.1, 0.15) is 0 Å². The Hall–Kier alpha value is -1.86. The summed E-state index contributed by atoms with van der Waals surface area (Å²) in [5, 5.41) is 9.04. The normalized spacial score (nSPS) is 15.2. The smallest absolute Gasteiger partial charge is 0.324 e. The molecule has 5 nitrogen and oxygen atoms in total. The monoisotopic (exact) mass is 367 g/mol. The molecule has 0 saturated carbocycles. The van der Waals surface area contributed by atoms with E-state index in [1.165, 1.54) is 6.07 Å². The summed E-state index contributed by atoms with van der Waals surface area (Å²) in [6, 6.07) is 11.8. The van der Waals surface area contributed by atoms with Crippen molar-refractivity contribution in [3.63, 3.8) is 0 Å². The number of carboxylic acid groups (broad SMARTS) is 1. The zero-order chi connectivity index (χ0) is 15.2. The molecule has 0 unspecified atom stereocenters. The molecule has 0 bridgehead atoms. The molecule has 1 N–H and O–H groups in total. The van der Waals surface area contributed by atoms with Crippen molar-refractivity contribution in [2.24, 2.45) is 0 Å². The van der Waals surface area contributed by atoms with Crippen molar-refractivity contribution in [3.05, 3.63) is 46.9 Å². The summed E-state index contributed by atoms with van der Waals surface area (Å²) in [7, 11) is -3.89. The van der Waals surface area contributed by atoms with Gasteiger partial charge in [-0.1, -0.05) is 30.3 Å². The Kier molecular flexibility index (Phi) is 3.26. The number of hydrogen-bond acceptors (Lipinski definition) is 3. The minimum Gasteiger partial charge on any atom is -0.480 e. The predicted molar refractivity (Wildman–Crippen MR) is 81.7 cm³/mol. The van der Waals surface area contributed by atoms with Gasteiger partial charge in [-0.15, -0.1) is 0 Å². The minimum atomic E-state index is -3.89. The standard InChI is InChI=1S/C14H10BrNO4S/c15-11-6-3-5-10-9-4-1-2-7-12(9)21(19,20)16(14(10)11)8-13(17)18/h1-7H,8H2,(H,17,18). The summed E-state index contributed by atoms with van der Waals surface area (Å²) in [6.07, 6.45) is 0. The van der Waals surface area contributed by atoms with Gasteiger partial charge in [0.25, 0.3) is 10.0 Å². The lowest BCUT2D eigenvalue weighted by Crippen LogP contribution is -2.38. The fourth-order valence-corrected chi connectivity index (χ4v) is 4.78. The Morgan fingerprint density at radius 3 is 2.48 bits per heavy atom. The fraction of sp³-hybridized carbons (Fsp3) is 0.0714. The Morgan fingerprint density at radius 2 is 1.76 bits per heavy atom. The van der Waals surface area contributed by atoms with Crippen LogP contribution in [0.2, 0.25) is 0 Å². The maximum absolute atomic E-state index is 12.7. The number of aliphatic carboxylic acids is 1. The zero-order valence-corrected chi connectivity index (χ0v) is 13.1. The lowest BCUT2D eigenvalue weighted by molar-refractivity contribution is -0.135. The molecule has 108 valence electrons. The molecule has 21 heavy (non-hydrogen) atoms. The maximum atomic E-state index is 12.7. The van der Waals surface area contributed by atoms with Crippen molar-refractivity contribution in [1.82, 2.24) is 0 Å². The van der Waals surface area contributed by atoms with Gasteiger partial charge in [-0.3, -0.25) is 9.10 Å². The quantitative estimate of drug-likeness (QED) is 0.885. The molecular weight excluding hydrogens is 358 g/mol. The average molecular weight is 368 g/mol. The molecule has 0 aliphatic carbocycles. The van der Waals surface area contributed by atoms with Crippen molar-refractivity contribution in [2.45, 2.75) is 4.90 Å². The summed E-state index contributed by atoms with van der Waals surface area (Å²) >= 11 is 3.32. The number of carbonyl (C=O) groups is 1. The van der Waals surface area contributed by atoms with E-state index in [4.69, 9.17) is 5.11 Å². The van der Waals surface area contributed by atoms with E-state index in [0.717, 1.165) is 4.31 Å². The maximum Gasteiger partial charge on any atom is 0.324 e. The first-order valence-corrected chi connectivity index (χ1v) is 8.28. The van der Waals surface area contributed by atoms with E-state index < -0.39 is 22.5 Å². The van der Waals surface area contributed by atoms with Crippen molar-refractivity contribution in [3.8, 4) is 11.1 Å². The van der Waals surface area contributed by atoms with Crippen molar-refractivity contribution >= 4 is 37.6 Å². The number of nitrogens with zero attached hydrogens (tertiary/aromatic N) is 1. The van der Waals surface area contributed by atoms with E-state index in [2.05, 4.69) is 15.9 Å². The van der Waals surface area contributed by atoms with E-state index in [1.54, 1.807) is 36.4 Å². The first-order valence-electron chi connectivity index (χ1n) is 6.05. The predicted octanol–water partition coefficient (Wildman–Crippen LogP) is 2.71. The van der Waals surface area contributed by atoms with Gasteiger partial charge in [0.2, 0.25) is 0 Å². The van der Waals surface area contributed by atoms with Gasteiger partial charge < -0.3 is 5.11 Å². The number of para-hydroxylation sites is 1. The summed E-state index contributed by atoms with van der Waals surface area (Å²) < 4.78 is 26.9. The van der Waals surface area contributed by atoms with Crippen molar-refractivity contribution < 1.29 is 18.3 Å². The molecule has 0 radical (unpaired) electrons. The molecule has 0 atom stereocenters. The molecule has 0 fully saturated rings. The molecule has 1 aliphatic heterocycles. The molecule has 2 aromatic rings. The SMILES string of the molecule is O=C(O)CN1c2c(Br)cccc2-c2ccccc2S1(=O)=O. The highest BCUT2D eigenvalue weighted by atomic mass is 79.9. The van der Waals surface area contributed by atoms with Gasteiger partial charge >= 0.3 is 5.97 Å². The van der Waals surface area contributed by atoms with Crippen LogP contribution >= 0.6 is 15.9 Å². The van der Waals surface area contributed by atoms with E-state index in [9.17, 15) is 13.2 Å². The lowest BCUT2D eigenvalue weighted by Gasteiger charge is -2.31. The number of fused-ring (bicyclic) bond motifs is 3. The molecule has 0 aromatic heterocycles. The largest absolute Gasteiger partial charge is 0.480 e. The van der Waals surface area contributed by atoms with Crippen LogP contribution < -0.4 is 4.31 Å². The van der Waals surface area contributed by atoms with Crippen LogP contribution in [0.15, 0.2) is 51.8 Å². The van der Waals surface area contributed by atoms with Crippen LogP contribution in [0.4, 0.5) is 5.69 Å². The first-order chi connectivity index (χ1) is 9.93. The molecule has 0 spiro atoms. The second-order valence-corrected chi connectivity index (χ2v) is 7.22. The third-order valence-corrected chi connectivity index (χ3v) is 5.70. The van der Waals surface area contributed by atoms with Crippen LogP contribution in [0.3, 0.4) is 0 Å². The van der Waals surface area contributed by atoms with E-state index in [1.807, 2.05) is 0 Å². The summed E-state index contributed by atoms with van der Waals surface area (Å²) in [6.45, 7) is -0.619. The molecule has 0 amide bonds. The highest BCUT2D eigenvalue weighted by molar-refractivity contribution is 9.10. The molecule has 3 rings (SSSR count). The number of sulfonamides is 1. The third kappa shape index (κ3) is 2.13. The fourth-order valence-electron chi connectivity index (χ4n) is 2.43. The number of carboxylic acids is 1. The van der Waals surface area contributed by atoms with Gasteiger partial charge in [-0.2, -0.15) is 0 Å². The Balaban J connectivity index is 2.39. The van der Waals surface area contributed by atoms with Crippen LogP contribution in [0.5, 0.6) is 0 Å². The van der Waals surface area contributed by atoms with E-state index in [0.29, 0.717) is 21.3 Å². The van der Waals surface area contributed by atoms with Gasteiger partial charge in [-0.25, -0.2) is 8.42 Å². The molecular formula is C14H10BrNO4S. The Labute approximate surface area is 130 Å². The Bertz CT molecular complexity index is 848. The molecule has 1 aliphatic rings. The highest BCUT2D eigenvalue weighted by Gasteiger charge is 2.36. The van der Waals surface area contributed by atoms with Gasteiger partial charge in [0.15, 0.2) is 0 Å². The number of rotatable bonds is 2. The number of hydrogen-bond donors (Lipinski definition) is 1. The molecule has 0 saturated heterocycles. The van der Waals surface area contributed by atoms with Crippen molar-refractivity contribution in [1.29, 1.82) is 0 Å². The number of anilines is 1. The highest BCUT2D eigenvalue weighted by Crippen LogP contribution is 2.46. The minimum absolute atomic E-state index is 0.122. The second kappa shape index (κ2) is 4.85. The zero-order valence-electron chi connectivity index (χ0n) is 10.7. The van der Waals surface area contributed by atoms with Crippen LogP contribution in [-0.4, -0.2) is 26.0 Å². The average Bonchev–Trinajstić information content (AvgIpc) is 2.43. The number of benzene rings is 2.